The summed E-state index contributed by atoms with van der Waals surface area (Å²) in [4.78, 5) is 0. The Morgan fingerprint density at radius 1 is 1.22 bits per heavy atom. The van der Waals surface area contributed by atoms with Crippen LogP contribution in [0.25, 0.3) is 0 Å². The molecule has 2 rings (SSSR count). The van der Waals surface area contributed by atoms with Crippen LogP contribution in [0.15, 0.2) is 46.9 Å². The van der Waals surface area contributed by atoms with E-state index in [-0.39, 0.29) is 6.04 Å². The Labute approximate surface area is 120 Å². The Morgan fingerprint density at radius 2 is 1.94 bits per heavy atom. The van der Waals surface area contributed by atoms with E-state index in [0.29, 0.717) is 5.02 Å². The minimum Gasteiger partial charge on any atom is -0.496 e. The molecule has 0 radical (unpaired) electrons. The van der Waals surface area contributed by atoms with E-state index in [9.17, 15) is 0 Å². The van der Waals surface area contributed by atoms with Gasteiger partial charge in [-0.25, -0.2) is 0 Å². The van der Waals surface area contributed by atoms with E-state index < -0.39 is 0 Å². The first-order valence-corrected chi connectivity index (χ1v) is 6.63. The van der Waals surface area contributed by atoms with Crippen LogP contribution in [0.3, 0.4) is 0 Å². The van der Waals surface area contributed by atoms with Gasteiger partial charge in [0, 0.05) is 15.1 Å². The summed E-state index contributed by atoms with van der Waals surface area (Å²) in [7, 11) is 1.64. The van der Waals surface area contributed by atoms with Crippen molar-refractivity contribution in [2.45, 2.75) is 6.04 Å². The Kier molecular flexibility index (Phi) is 4.27. The highest BCUT2D eigenvalue weighted by molar-refractivity contribution is 9.10. The molecule has 1 unspecified atom stereocenters. The van der Waals surface area contributed by atoms with E-state index in [1.807, 2.05) is 42.5 Å². The van der Waals surface area contributed by atoms with E-state index in [0.717, 1.165) is 21.3 Å². The first-order valence-electron chi connectivity index (χ1n) is 5.46. The summed E-state index contributed by atoms with van der Waals surface area (Å²) in [5.74, 6) is 0.779. The van der Waals surface area contributed by atoms with Crippen LogP contribution in [0, 0.1) is 0 Å². The van der Waals surface area contributed by atoms with E-state index in [1.54, 1.807) is 7.11 Å². The van der Waals surface area contributed by atoms with Crippen LogP contribution in [0.1, 0.15) is 17.2 Å². The lowest BCUT2D eigenvalue weighted by molar-refractivity contribution is 0.408. The minimum absolute atomic E-state index is 0.267. The minimum atomic E-state index is -0.267. The maximum absolute atomic E-state index is 6.27. The van der Waals surface area contributed by atoms with Crippen LogP contribution in [0.5, 0.6) is 5.75 Å². The summed E-state index contributed by atoms with van der Waals surface area (Å²) in [6, 6.07) is 13.1. The summed E-state index contributed by atoms with van der Waals surface area (Å²) in [6.45, 7) is 0. The molecule has 2 aromatic rings. The van der Waals surface area contributed by atoms with Crippen molar-refractivity contribution < 1.29 is 4.74 Å². The molecule has 0 spiro atoms. The second-order valence-electron chi connectivity index (χ2n) is 3.92. The second-order valence-corrected chi connectivity index (χ2v) is 5.27. The average Bonchev–Trinajstić information content (AvgIpc) is 2.36. The number of nitrogens with two attached hydrogens (primary N) is 1. The maximum atomic E-state index is 6.27. The van der Waals surface area contributed by atoms with Gasteiger partial charge in [0.05, 0.1) is 13.2 Å². The predicted octanol–water partition coefficient (Wildman–Crippen LogP) is 4.16. The highest BCUT2D eigenvalue weighted by atomic mass is 79.9. The first-order chi connectivity index (χ1) is 8.61. The second kappa shape index (κ2) is 5.74. The molecule has 2 N–H and O–H groups in total. The van der Waals surface area contributed by atoms with E-state index >= 15 is 0 Å². The standard InChI is InChI=1S/C14H13BrClNO/c1-18-13-5-3-2-4-12(13)14(17)9-6-10(15)8-11(16)7-9/h2-8,14H,17H2,1H3. The van der Waals surface area contributed by atoms with Crippen molar-refractivity contribution >= 4 is 27.5 Å². The molecule has 0 aliphatic rings. The number of ether oxygens (including phenoxy) is 1. The molecular formula is C14H13BrClNO. The highest BCUT2D eigenvalue weighted by Crippen LogP contribution is 2.31. The molecule has 2 nitrogen and oxygen atoms in total. The van der Waals surface area contributed by atoms with E-state index in [2.05, 4.69) is 15.9 Å². The zero-order valence-electron chi connectivity index (χ0n) is 9.86. The monoisotopic (exact) mass is 325 g/mol. The first kappa shape index (κ1) is 13.4. The summed E-state index contributed by atoms with van der Waals surface area (Å²) in [5, 5.41) is 0.657. The maximum Gasteiger partial charge on any atom is 0.123 e. The molecule has 0 fully saturated rings. The quantitative estimate of drug-likeness (QED) is 0.919. The van der Waals surface area contributed by atoms with Crippen molar-refractivity contribution in [2.24, 2.45) is 5.73 Å². The van der Waals surface area contributed by atoms with Crippen LogP contribution in [-0.4, -0.2) is 7.11 Å². The fraction of sp³-hybridized carbons (Fsp3) is 0.143. The van der Waals surface area contributed by atoms with Gasteiger partial charge in [-0.15, -0.1) is 0 Å². The number of methoxy groups -OCH3 is 1. The van der Waals surface area contributed by atoms with Crippen LogP contribution in [-0.2, 0) is 0 Å². The summed E-state index contributed by atoms with van der Waals surface area (Å²) < 4.78 is 6.24. The lowest BCUT2D eigenvalue weighted by Crippen LogP contribution is -2.13. The molecule has 0 bridgehead atoms. The molecule has 0 aliphatic heterocycles. The number of halogens is 2. The van der Waals surface area contributed by atoms with Gasteiger partial charge in [-0.05, 0) is 29.8 Å². The van der Waals surface area contributed by atoms with Crippen LogP contribution in [0.4, 0.5) is 0 Å². The van der Waals surface area contributed by atoms with Gasteiger partial charge in [-0.3, -0.25) is 0 Å². The fourth-order valence-electron chi connectivity index (χ4n) is 1.86. The fourth-order valence-corrected chi connectivity index (χ4v) is 2.74. The van der Waals surface area contributed by atoms with Gasteiger partial charge < -0.3 is 10.5 Å². The van der Waals surface area contributed by atoms with Crippen molar-refractivity contribution in [3.63, 3.8) is 0 Å². The van der Waals surface area contributed by atoms with Crippen molar-refractivity contribution in [1.82, 2.24) is 0 Å². The molecule has 0 amide bonds. The SMILES string of the molecule is COc1ccccc1C(N)c1cc(Cl)cc(Br)c1. The Balaban J connectivity index is 2.44. The average molecular weight is 327 g/mol. The Hall–Kier alpha value is -1.03. The molecular weight excluding hydrogens is 314 g/mol. The number of benzene rings is 2. The Morgan fingerprint density at radius 3 is 2.61 bits per heavy atom. The molecule has 0 saturated heterocycles. The lowest BCUT2D eigenvalue weighted by Gasteiger charge is -2.16. The number of rotatable bonds is 3. The van der Waals surface area contributed by atoms with Crippen molar-refractivity contribution in [1.29, 1.82) is 0 Å². The molecule has 18 heavy (non-hydrogen) atoms. The molecule has 0 saturated carbocycles. The van der Waals surface area contributed by atoms with Gasteiger partial charge in [0.1, 0.15) is 5.75 Å². The zero-order valence-corrected chi connectivity index (χ0v) is 12.2. The number of para-hydroxylation sites is 1. The van der Waals surface area contributed by atoms with Crippen LogP contribution < -0.4 is 10.5 Å². The van der Waals surface area contributed by atoms with Gasteiger partial charge in [-0.1, -0.05) is 45.7 Å². The predicted molar refractivity (Wildman–Crippen MR) is 78.2 cm³/mol. The third-order valence-electron chi connectivity index (χ3n) is 2.72. The third-order valence-corrected chi connectivity index (χ3v) is 3.39. The summed E-state index contributed by atoms with van der Waals surface area (Å²) >= 11 is 9.46. The van der Waals surface area contributed by atoms with Crippen molar-refractivity contribution in [3.8, 4) is 5.75 Å². The molecule has 1 atom stereocenters. The molecule has 4 heteroatoms. The summed E-state index contributed by atoms with van der Waals surface area (Å²) in [5.41, 5.74) is 8.15. The van der Waals surface area contributed by atoms with Gasteiger partial charge in [0.25, 0.3) is 0 Å². The number of hydrogen-bond donors (Lipinski definition) is 1. The van der Waals surface area contributed by atoms with Crippen molar-refractivity contribution in [3.05, 3.63) is 63.1 Å². The van der Waals surface area contributed by atoms with Crippen LogP contribution >= 0.6 is 27.5 Å². The van der Waals surface area contributed by atoms with E-state index in [1.165, 1.54) is 0 Å². The smallest absolute Gasteiger partial charge is 0.123 e. The number of hydrogen-bond acceptors (Lipinski definition) is 2. The normalized spacial score (nSPS) is 12.2. The summed E-state index contributed by atoms with van der Waals surface area (Å²) in [6.07, 6.45) is 0. The zero-order chi connectivity index (χ0) is 13.1. The largest absolute Gasteiger partial charge is 0.496 e. The van der Waals surface area contributed by atoms with Crippen LogP contribution in [0.2, 0.25) is 5.02 Å². The van der Waals surface area contributed by atoms with Gasteiger partial charge in [-0.2, -0.15) is 0 Å². The molecule has 2 aromatic carbocycles. The molecule has 0 aliphatic carbocycles. The highest BCUT2D eigenvalue weighted by Gasteiger charge is 2.14. The molecule has 0 aromatic heterocycles. The third kappa shape index (κ3) is 2.86. The van der Waals surface area contributed by atoms with Gasteiger partial charge in [0.2, 0.25) is 0 Å². The van der Waals surface area contributed by atoms with E-state index in [4.69, 9.17) is 22.1 Å². The van der Waals surface area contributed by atoms with Crippen molar-refractivity contribution in [2.75, 3.05) is 7.11 Å². The topological polar surface area (TPSA) is 35.2 Å². The van der Waals surface area contributed by atoms with Gasteiger partial charge >= 0.3 is 0 Å². The Bertz CT molecular complexity index is 539. The molecule has 0 heterocycles. The lowest BCUT2D eigenvalue weighted by atomic mass is 9.99. The van der Waals surface area contributed by atoms with Gasteiger partial charge in [0.15, 0.2) is 0 Å². The molecule has 94 valence electrons.